The molecule has 0 aromatic heterocycles. The van der Waals surface area contributed by atoms with E-state index in [9.17, 15) is 13.5 Å². The normalized spacial score (nSPS) is 14.9. The van der Waals surface area contributed by atoms with E-state index in [1.165, 1.54) is 0 Å². The Balaban J connectivity index is 2.87. The molecular formula is C8H11FO8P2. The third kappa shape index (κ3) is 6.26. The lowest BCUT2D eigenvalue weighted by atomic mass is 10.3. The van der Waals surface area contributed by atoms with Gasteiger partial charge < -0.3 is 19.4 Å². The summed E-state index contributed by atoms with van der Waals surface area (Å²) in [4.78, 5) is 17.2. The van der Waals surface area contributed by atoms with Crippen LogP contribution in [-0.4, -0.2) is 28.1 Å². The van der Waals surface area contributed by atoms with Crippen molar-refractivity contribution < 1.29 is 41.8 Å². The Kier molecular flexibility index (Phi) is 5.64. The second kappa shape index (κ2) is 6.58. The fraction of sp³-hybridized carbons (Fsp3) is 0.250. The third-order valence-electron chi connectivity index (χ3n) is 1.58. The molecule has 19 heavy (non-hydrogen) atoms. The van der Waals surface area contributed by atoms with Crippen molar-refractivity contribution in [2.24, 2.45) is 0 Å². The van der Waals surface area contributed by atoms with Crippen LogP contribution in [0.15, 0.2) is 24.3 Å². The van der Waals surface area contributed by atoms with Crippen LogP contribution < -0.4 is 4.52 Å². The van der Waals surface area contributed by atoms with E-state index in [0.717, 1.165) is 24.3 Å². The quantitative estimate of drug-likeness (QED) is 0.646. The van der Waals surface area contributed by atoms with Gasteiger partial charge in [-0.15, -0.1) is 0 Å². The Bertz CT molecular complexity index is 498. The number of aliphatic hydroxyl groups excluding tert-OH is 1. The van der Waals surface area contributed by atoms with E-state index < -0.39 is 34.7 Å². The predicted octanol–water partition coefficient (Wildman–Crippen LogP) is 1.43. The van der Waals surface area contributed by atoms with Gasteiger partial charge in [-0.2, -0.15) is 4.31 Å². The Hall–Kier alpha value is -0.790. The average Bonchev–Trinajstić information content (AvgIpc) is 2.27. The molecule has 0 bridgehead atoms. The van der Waals surface area contributed by atoms with Crippen LogP contribution in [0.2, 0.25) is 0 Å². The van der Waals surface area contributed by atoms with Crippen molar-refractivity contribution in [2.45, 2.75) is 0 Å². The summed E-state index contributed by atoms with van der Waals surface area (Å²) in [5, 5.41) is 8.53. The Morgan fingerprint density at radius 2 is 1.74 bits per heavy atom. The first-order chi connectivity index (χ1) is 8.74. The highest BCUT2D eigenvalue weighted by Gasteiger charge is 2.37. The fourth-order valence-corrected chi connectivity index (χ4v) is 3.08. The number of hydrogen-bond acceptors (Lipinski definition) is 6. The first-order valence-electron chi connectivity index (χ1n) is 4.81. The van der Waals surface area contributed by atoms with Gasteiger partial charge in [0.05, 0.1) is 13.2 Å². The average molecular weight is 316 g/mol. The fourth-order valence-electron chi connectivity index (χ4n) is 0.974. The smallest absolute Gasteiger partial charge is 0.404 e. The molecule has 108 valence electrons. The first-order valence-corrected chi connectivity index (χ1v) is 7.81. The van der Waals surface area contributed by atoms with E-state index in [1.54, 1.807) is 0 Å². The molecule has 0 saturated heterocycles. The van der Waals surface area contributed by atoms with Gasteiger partial charge >= 0.3 is 15.6 Å². The van der Waals surface area contributed by atoms with Gasteiger partial charge in [0.2, 0.25) is 0 Å². The van der Waals surface area contributed by atoms with Crippen LogP contribution in [0.4, 0.5) is 4.39 Å². The molecule has 1 unspecified atom stereocenters. The predicted molar refractivity (Wildman–Crippen MR) is 60.8 cm³/mol. The van der Waals surface area contributed by atoms with Gasteiger partial charge in [0, 0.05) is 0 Å². The van der Waals surface area contributed by atoms with E-state index in [0.29, 0.717) is 0 Å². The Labute approximate surface area is 107 Å². The van der Waals surface area contributed by atoms with E-state index in [-0.39, 0.29) is 5.75 Å². The lowest BCUT2D eigenvalue weighted by molar-refractivity contribution is 0.148. The molecule has 1 rings (SSSR count). The maximum Gasteiger partial charge on any atom is 0.539 e. The van der Waals surface area contributed by atoms with Crippen molar-refractivity contribution in [3.05, 3.63) is 30.1 Å². The number of rotatable bonds is 7. The summed E-state index contributed by atoms with van der Waals surface area (Å²) < 4.78 is 48.3. The highest BCUT2D eigenvalue weighted by molar-refractivity contribution is 7.61. The summed E-state index contributed by atoms with van der Waals surface area (Å²) in [7, 11) is -9.78. The lowest BCUT2D eigenvalue weighted by Crippen LogP contribution is -2.05. The van der Waals surface area contributed by atoms with E-state index in [1.807, 2.05) is 0 Å². The van der Waals surface area contributed by atoms with E-state index in [4.69, 9.17) is 14.9 Å². The summed E-state index contributed by atoms with van der Waals surface area (Å²) >= 11 is 0. The maximum atomic E-state index is 12.6. The molecule has 0 heterocycles. The van der Waals surface area contributed by atoms with Crippen molar-refractivity contribution in [3.63, 3.8) is 0 Å². The zero-order chi connectivity index (χ0) is 14.5. The molecule has 0 aliphatic carbocycles. The first kappa shape index (κ1) is 16.3. The zero-order valence-corrected chi connectivity index (χ0v) is 11.2. The molecule has 1 atom stereocenters. The second-order valence-corrected chi connectivity index (χ2v) is 6.09. The summed E-state index contributed by atoms with van der Waals surface area (Å²) in [6, 6.07) is 4.08. The molecular weight excluding hydrogens is 305 g/mol. The molecule has 1 aromatic rings. The number of hydrogen-bond donors (Lipinski definition) is 3. The molecule has 1 aromatic carbocycles. The maximum absolute atomic E-state index is 12.6. The number of phosphoric ester groups is 1. The molecule has 0 saturated carbocycles. The topological polar surface area (TPSA) is 123 Å². The number of halogens is 1. The third-order valence-corrected chi connectivity index (χ3v) is 4.16. The summed E-state index contributed by atoms with van der Waals surface area (Å²) in [6.07, 6.45) is 0. The van der Waals surface area contributed by atoms with Gasteiger partial charge in [0.15, 0.2) is 0 Å². The molecule has 0 fully saturated rings. The van der Waals surface area contributed by atoms with Gasteiger partial charge in [-0.3, -0.25) is 4.52 Å². The van der Waals surface area contributed by atoms with Crippen LogP contribution in [0, 0.1) is 5.82 Å². The second-order valence-electron chi connectivity index (χ2n) is 3.12. The van der Waals surface area contributed by atoms with Crippen LogP contribution in [0.1, 0.15) is 0 Å². The number of aliphatic hydroxyl groups is 1. The van der Waals surface area contributed by atoms with Gasteiger partial charge in [-0.1, -0.05) is 0 Å². The van der Waals surface area contributed by atoms with Gasteiger partial charge in [-0.25, -0.2) is 13.5 Å². The minimum Gasteiger partial charge on any atom is -0.404 e. The Morgan fingerprint density at radius 3 is 2.21 bits per heavy atom. The highest BCUT2D eigenvalue weighted by Crippen LogP contribution is 2.60. The summed E-state index contributed by atoms with van der Waals surface area (Å²) in [5.74, 6) is -0.773. The molecule has 0 radical (unpaired) electrons. The number of benzene rings is 1. The van der Waals surface area contributed by atoms with Crippen molar-refractivity contribution in [1.82, 2.24) is 0 Å². The molecule has 3 N–H and O–H groups in total. The molecule has 0 spiro atoms. The molecule has 0 amide bonds. The standard InChI is InChI=1S/C8H11FO8P2/c9-7-1-3-8(4-2-7)16-19(14,15-6-5-10)17-18(11,12)13/h1-4,10H,5-6H2,(H2,11,12,13). The molecule has 0 aliphatic rings. The SMILES string of the molecule is O=P(O)(O)OP(=O)(OCCO)Oc1ccc(F)cc1. The summed E-state index contributed by atoms with van der Waals surface area (Å²) in [5.41, 5.74) is 0. The van der Waals surface area contributed by atoms with Gasteiger partial charge in [0.25, 0.3) is 0 Å². The van der Waals surface area contributed by atoms with Crippen molar-refractivity contribution in [1.29, 1.82) is 0 Å². The van der Waals surface area contributed by atoms with Crippen molar-refractivity contribution in [2.75, 3.05) is 13.2 Å². The Morgan fingerprint density at radius 1 is 1.16 bits per heavy atom. The lowest BCUT2D eigenvalue weighted by Gasteiger charge is -2.18. The van der Waals surface area contributed by atoms with Gasteiger partial charge in [0.1, 0.15) is 11.6 Å². The van der Waals surface area contributed by atoms with Crippen molar-refractivity contribution >= 4 is 15.6 Å². The molecule has 8 nitrogen and oxygen atoms in total. The zero-order valence-electron chi connectivity index (χ0n) is 9.38. The summed E-state index contributed by atoms with van der Waals surface area (Å²) in [6.45, 7) is -1.10. The minimum absolute atomic E-state index is 0.184. The monoisotopic (exact) mass is 316 g/mol. The largest absolute Gasteiger partial charge is 0.539 e. The van der Waals surface area contributed by atoms with E-state index in [2.05, 4.69) is 13.4 Å². The van der Waals surface area contributed by atoms with Crippen LogP contribution in [0.25, 0.3) is 0 Å². The van der Waals surface area contributed by atoms with E-state index >= 15 is 0 Å². The van der Waals surface area contributed by atoms with Crippen LogP contribution in [0.3, 0.4) is 0 Å². The van der Waals surface area contributed by atoms with Crippen LogP contribution in [0.5, 0.6) is 5.75 Å². The molecule has 0 aliphatic heterocycles. The highest BCUT2D eigenvalue weighted by atomic mass is 31.3. The molecule has 11 heteroatoms. The van der Waals surface area contributed by atoms with Crippen LogP contribution >= 0.6 is 15.6 Å². The minimum atomic E-state index is -5.14. The van der Waals surface area contributed by atoms with Crippen LogP contribution in [-0.2, 0) is 18.0 Å². The number of phosphoric acid groups is 2. The van der Waals surface area contributed by atoms with Gasteiger partial charge in [-0.05, 0) is 24.3 Å². The van der Waals surface area contributed by atoms with Crippen molar-refractivity contribution in [3.8, 4) is 5.75 Å².